The van der Waals surface area contributed by atoms with E-state index in [1.54, 1.807) is 0 Å². The number of rotatable bonds is 11. The number of aliphatic carboxylic acids is 1. The van der Waals surface area contributed by atoms with Crippen LogP contribution in [0.4, 0.5) is 0 Å². The molecule has 0 heterocycles. The Morgan fingerprint density at radius 1 is 1.00 bits per heavy atom. The average Bonchev–Trinajstić information content (AvgIpc) is 2.48. The summed E-state index contributed by atoms with van der Waals surface area (Å²) in [6.07, 6.45) is -1.70. The lowest BCUT2D eigenvalue weighted by molar-refractivity contribution is -0.158. The fourth-order valence-corrected chi connectivity index (χ4v) is 1.82. The second-order valence-electron chi connectivity index (χ2n) is 5.90. The Hall–Kier alpha value is -1.67. The predicted molar refractivity (Wildman–Crippen MR) is 83.6 cm³/mol. The first-order valence-electron chi connectivity index (χ1n) is 7.87. The molecule has 8 nitrogen and oxygen atoms in total. The molecule has 0 aliphatic rings. The number of nitrogens with one attached hydrogen (secondary N) is 2. The van der Waals surface area contributed by atoms with Crippen LogP contribution in [0, 0.1) is 5.92 Å². The van der Waals surface area contributed by atoms with Gasteiger partial charge >= 0.3 is 5.97 Å². The number of aliphatic hydroxyl groups excluding tert-OH is 2. The van der Waals surface area contributed by atoms with Crippen molar-refractivity contribution < 1.29 is 29.7 Å². The summed E-state index contributed by atoms with van der Waals surface area (Å²) in [5.41, 5.74) is 0. The molecule has 0 unspecified atom stereocenters. The highest BCUT2D eigenvalue weighted by molar-refractivity contribution is 5.92. The first-order chi connectivity index (χ1) is 10.7. The third kappa shape index (κ3) is 8.51. The van der Waals surface area contributed by atoms with Crippen molar-refractivity contribution in [1.82, 2.24) is 10.6 Å². The lowest BCUT2D eigenvalue weighted by Gasteiger charge is -2.21. The Balaban J connectivity index is 4.67. The average molecular weight is 332 g/mol. The van der Waals surface area contributed by atoms with Gasteiger partial charge in [-0.25, -0.2) is 4.79 Å². The van der Waals surface area contributed by atoms with Crippen LogP contribution >= 0.6 is 0 Å². The van der Waals surface area contributed by atoms with Crippen LogP contribution in [0.1, 0.15) is 46.5 Å². The maximum Gasteiger partial charge on any atom is 0.335 e. The molecule has 5 N–H and O–H groups in total. The number of carbonyl (C=O) groups is 3. The van der Waals surface area contributed by atoms with E-state index in [-0.39, 0.29) is 5.91 Å². The zero-order valence-electron chi connectivity index (χ0n) is 13.9. The molecule has 0 rings (SSSR count). The molecule has 0 aliphatic carbocycles. The zero-order valence-corrected chi connectivity index (χ0v) is 13.9. The molecule has 2 amide bonds. The summed E-state index contributed by atoms with van der Waals surface area (Å²) in [6.45, 7) is 6.44. The molecule has 0 saturated heterocycles. The Bertz CT molecular complexity index is 399. The van der Waals surface area contributed by atoms with Crippen molar-refractivity contribution in [3.8, 4) is 0 Å². The monoisotopic (exact) mass is 332 g/mol. The highest BCUT2D eigenvalue weighted by Gasteiger charge is 2.32. The summed E-state index contributed by atoms with van der Waals surface area (Å²) in [5.74, 6) is -2.75. The first-order valence-corrected chi connectivity index (χ1v) is 7.87. The lowest BCUT2D eigenvalue weighted by Crippen LogP contribution is -2.53. The molecule has 0 bridgehead atoms. The second kappa shape index (κ2) is 11.0. The van der Waals surface area contributed by atoms with Crippen molar-refractivity contribution in [2.75, 3.05) is 6.54 Å². The predicted octanol–water partition coefficient (Wildman–Crippen LogP) is -0.370. The number of hydrogen-bond donors (Lipinski definition) is 5. The van der Waals surface area contributed by atoms with Gasteiger partial charge in [-0.2, -0.15) is 0 Å². The molecule has 0 radical (unpaired) electrons. The van der Waals surface area contributed by atoms with Gasteiger partial charge in [0.1, 0.15) is 6.04 Å². The van der Waals surface area contributed by atoms with Crippen molar-refractivity contribution in [2.45, 2.75) is 64.7 Å². The molecular formula is C15H28N2O6. The van der Waals surface area contributed by atoms with E-state index in [0.29, 0.717) is 25.3 Å². The molecule has 0 aromatic heterocycles. The van der Waals surface area contributed by atoms with Crippen LogP contribution in [0.3, 0.4) is 0 Å². The van der Waals surface area contributed by atoms with Crippen molar-refractivity contribution in [1.29, 1.82) is 0 Å². The van der Waals surface area contributed by atoms with Crippen LogP contribution in [0.15, 0.2) is 0 Å². The van der Waals surface area contributed by atoms with Crippen molar-refractivity contribution in [3.05, 3.63) is 0 Å². The highest BCUT2D eigenvalue weighted by Crippen LogP contribution is 2.04. The van der Waals surface area contributed by atoms with Crippen LogP contribution in [0.2, 0.25) is 0 Å². The molecule has 8 heteroatoms. The van der Waals surface area contributed by atoms with Gasteiger partial charge in [-0.1, -0.05) is 33.6 Å². The SMILES string of the molecule is CCCC[C@H](NC(=O)[C@@H](O)[C@H](O)C(=O)O)C(=O)NCCC(C)C. The lowest BCUT2D eigenvalue weighted by atomic mass is 10.1. The summed E-state index contributed by atoms with van der Waals surface area (Å²) in [6, 6.07) is -0.870. The second-order valence-corrected chi connectivity index (χ2v) is 5.90. The number of aliphatic hydroxyl groups is 2. The fraction of sp³-hybridized carbons (Fsp3) is 0.800. The molecule has 0 aromatic carbocycles. The molecule has 23 heavy (non-hydrogen) atoms. The molecular weight excluding hydrogens is 304 g/mol. The van der Waals surface area contributed by atoms with Crippen molar-refractivity contribution in [2.24, 2.45) is 5.92 Å². The summed E-state index contributed by atoms with van der Waals surface area (Å²) >= 11 is 0. The van der Waals surface area contributed by atoms with Crippen LogP contribution < -0.4 is 10.6 Å². The van der Waals surface area contributed by atoms with E-state index in [2.05, 4.69) is 10.6 Å². The fourth-order valence-electron chi connectivity index (χ4n) is 1.82. The van der Waals surface area contributed by atoms with E-state index in [9.17, 15) is 24.6 Å². The van der Waals surface area contributed by atoms with E-state index in [4.69, 9.17) is 5.11 Å². The molecule has 3 atom stereocenters. The van der Waals surface area contributed by atoms with Gasteiger partial charge in [0.15, 0.2) is 12.2 Å². The third-order valence-electron chi connectivity index (χ3n) is 3.32. The Morgan fingerprint density at radius 3 is 2.09 bits per heavy atom. The van der Waals surface area contributed by atoms with Crippen LogP contribution in [0.5, 0.6) is 0 Å². The number of unbranched alkanes of at least 4 members (excludes halogenated alkanes) is 1. The zero-order chi connectivity index (χ0) is 18.0. The first kappa shape index (κ1) is 21.3. The number of amides is 2. The van der Waals surface area contributed by atoms with E-state index in [0.717, 1.165) is 12.8 Å². The molecule has 0 aromatic rings. The van der Waals surface area contributed by atoms with E-state index < -0.39 is 30.1 Å². The van der Waals surface area contributed by atoms with Crippen molar-refractivity contribution in [3.63, 3.8) is 0 Å². The van der Waals surface area contributed by atoms with Gasteiger partial charge < -0.3 is 26.0 Å². The van der Waals surface area contributed by atoms with Gasteiger partial charge in [-0.15, -0.1) is 0 Å². The third-order valence-corrected chi connectivity index (χ3v) is 3.32. The van der Waals surface area contributed by atoms with Gasteiger partial charge in [0.05, 0.1) is 0 Å². The molecule has 134 valence electrons. The molecule has 0 aliphatic heterocycles. The van der Waals surface area contributed by atoms with E-state index in [1.807, 2.05) is 20.8 Å². The van der Waals surface area contributed by atoms with Crippen LogP contribution in [-0.4, -0.2) is 57.9 Å². The Morgan fingerprint density at radius 2 is 1.61 bits per heavy atom. The van der Waals surface area contributed by atoms with E-state index >= 15 is 0 Å². The summed E-state index contributed by atoms with van der Waals surface area (Å²) in [7, 11) is 0. The topological polar surface area (TPSA) is 136 Å². The highest BCUT2D eigenvalue weighted by atomic mass is 16.4. The van der Waals surface area contributed by atoms with E-state index in [1.165, 1.54) is 0 Å². The summed E-state index contributed by atoms with van der Waals surface area (Å²) in [4.78, 5) is 34.5. The summed E-state index contributed by atoms with van der Waals surface area (Å²) < 4.78 is 0. The standard InChI is InChI=1S/C15H28N2O6/c1-4-5-6-10(13(20)16-8-7-9(2)3)17-14(21)11(18)12(19)15(22)23/h9-12,18-19H,4-8H2,1-3H3,(H,16,20)(H,17,21)(H,22,23)/t10-,11-,12-/m0/s1. The van der Waals surface area contributed by atoms with Gasteiger partial charge in [0, 0.05) is 6.54 Å². The van der Waals surface area contributed by atoms with Gasteiger partial charge in [-0.3, -0.25) is 9.59 Å². The largest absolute Gasteiger partial charge is 0.479 e. The number of carboxylic acids is 1. The number of carbonyl (C=O) groups excluding carboxylic acids is 2. The quantitative estimate of drug-likeness (QED) is 0.350. The Labute approximate surface area is 136 Å². The maximum atomic E-state index is 12.1. The minimum absolute atomic E-state index is 0.367. The van der Waals surface area contributed by atoms with Crippen molar-refractivity contribution >= 4 is 17.8 Å². The maximum absolute atomic E-state index is 12.1. The van der Waals surface area contributed by atoms with Gasteiger partial charge in [0.2, 0.25) is 5.91 Å². The normalized spacial score (nSPS) is 14.9. The van der Waals surface area contributed by atoms with Gasteiger partial charge in [0.25, 0.3) is 5.91 Å². The number of carboxylic acid groups (broad SMARTS) is 1. The molecule has 0 spiro atoms. The smallest absolute Gasteiger partial charge is 0.335 e. The van der Waals surface area contributed by atoms with Crippen LogP contribution in [0.25, 0.3) is 0 Å². The van der Waals surface area contributed by atoms with Gasteiger partial charge in [-0.05, 0) is 18.8 Å². The number of hydrogen-bond acceptors (Lipinski definition) is 5. The molecule has 0 saturated carbocycles. The minimum Gasteiger partial charge on any atom is -0.479 e. The molecule has 0 fully saturated rings. The Kier molecular flexibility index (Phi) is 10.2. The summed E-state index contributed by atoms with van der Waals surface area (Å²) in [5, 5.41) is 32.3. The minimum atomic E-state index is -2.23. The van der Waals surface area contributed by atoms with Crippen LogP contribution in [-0.2, 0) is 14.4 Å².